The van der Waals surface area contributed by atoms with Gasteiger partial charge in [0.25, 0.3) is 0 Å². The summed E-state index contributed by atoms with van der Waals surface area (Å²) >= 11 is -0.106. The van der Waals surface area contributed by atoms with E-state index in [1.165, 1.54) is 17.7 Å². The minimum atomic E-state index is -4.28. The van der Waals surface area contributed by atoms with Gasteiger partial charge in [0.2, 0.25) is 5.91 Å². The van der Waals surface area contributed by atoms with Gasteiger partial charge >= 0.3 is 5.51 Å². The first kappa shape index (κ1) is 26.6. The van der Waals surface area contributed by atoms with Crippen molar-refractivity contribution >= 4 is 29.2 Å². The lowest BCUT2D eigenvalue weighted by Crippen LogP contribution is -2.47. The van der Waals surface area contributed by atoms with Gasteiger partial charge in [-0.3, -0.25) is 9.69 Å². The molecule has 0 saturated carbocycles. The lowest BCUT2D eigenvalue weighted by Gasteiger charge is -2.36. The Kier molecular flexibility index (Phi) is 9.00. The summed E-state index contributed by atoms with van der Waals surface area (Å²) in [6, 6.07) is 10.7. The molecule has 2 fully saturated rings. The number of rotatable bonds is 8. The van der Waals surface area contributed by atoms with E-state index in [-0.39, 0.29) is 28.6 Å². The zero-order valence-electron chi connectivity index (χ0n) is 20.6. The monoisotopic (exact) mass is 521 g/mol. The van der Waals surface area contributed by atoms with E-state index < -0.39 is 5.51 Å². The van der Waals surface area contributed by atoms with Crippen LogP contribution in [-0.2, 0) is 4.79 Å². The van der Waals surface area contributed by atoms with Gasteiger partial charge in [-0.05, 0) is 80.4 Å². The van der Waals surface area contributed by atoms with Gasteiger partial charge in [0.1, 0.15) is 5.82 Å². The van der Waals surface area contributed by atoms with Gasteiger partial charge in [0, 0.05) is 68.5 Å². The van der Waals surface area contributed by atoms with Gasteiger partial charge in [-0.15, -0.1) is 0 Å². The number of anilines is 2. The topological polar surface area (TPSA) is 51.7 Å². The quantitative estimate of drug-likeness (QED) is 0.493. The highest BCUT2D eigenvalue weighted by Crippen LogP contribution is 2.37. The maximum absolute atomic E-state index is 12.7. The minimum Gasteiger partial charge on any atom is -0.382 e. The van der Waals surface area contributed by atoms with Gasteiger partial charge in [-0.25, -0.2) is 4.98 Å². The van der Waals surface area contributed by atoms with Crippen molar-refractivity contribution in [1.29, 1.82) is 0 Å². The Hall–Kier alpha value is -2.46. The third-order valence-corrected chi connectivity index (χ3v) is 7.50. The number of aromatic nitrogens is 1. The summed E-state index contributed by atoms with van der Waals surface area (Å²) < 4.78 is 37.4. The number of benzene rings is 1. The van der Waals surface area contributed by atoms with Crippen molar-refractivity contribution < 1.29 is 18.0 Å². The molecule has 3 heterocycles. The first-order valence-corrected chi connectivity index (χ1v) is 13.4. The van der Waals surface area contributed by atoms with E-state index in [0.29, 0.717) is 19.5 Å². The predicted molar refractivity (Wildman–Crippen MR) is 138 cm³/mol. The predicted octanol–water partition coefficient (Wildman–Crippen LogP) is 5.01. The Morgan fingerprint density at radius 3 is 2.33 bits per heavy atom. The van der Waals surface area contributed by atoms with Crippen LogP contribution in [0, 0.1) is 6.92 Å². The molecule has 0 radical (unpaired) electrons. The highest BCUT2D eigenvalue weighted by Gasteiger charge is 2.29. The van der Waals surface area contributed by atoms with Gasteiger partial charge in [0.05, 0.1) is 0 Å². The van der Waals surface area contributed by atoms with Crippen LogP contribution in [-0.4, -0.2) is 78.1 Å². The molecule has 0 atom stereocenters. The molecule has 0 aliphatic carbocycles. The molecule has 1 N–H and O–H groups in total. The number of hydrogen-bond acceptors (Lipinski definition) is 6. The van der Waals surface area contributed by atoms with Crippen LogP contribution >= 0.6 is 11.8 Å². The first-order valence-electron chi connectivity index (χ1n) is 12.6. The molecule has 2 aliphatic heterocycles. The van der Waals surface area contributed by atoms with E-state index in [4.69, 9.17) is 0 Å². The van der Waals surface area contributed by atoms with E-state index in [1.807, 2.05) is 18.0 Å². The van der Waals surface area contributed by atoms with E-state index in [2.05, 4.69) is 32.2 Å². The maximum Gasteiger partial charge on any atom is 0.446 e. The third kappa shape index (κ3) is 8.03. The first-order chi connectivity index (χ1) is 17.2. The number of piperidine rings is 1. The number of hydrogen-bond donors (Lipinski definition) is 1. The second kappa shape index (κ2) is 12.2. The number of amides is 1. The highest BCUT2D eigenvalue weighted by molar-refractivity contribution is 8.00. The number of halogens is 3. The average Bonchev–Trinajstić information content (AvgIpc) is 2.86. The molecule has 4 rings (SSSR count). The number of thioether (sulfide) groups is 1. The molecule has 1 aromatic carbocycles. The van der Waals surface area contributed by atoms with E-state index in [0.717, 1.165) is 63.5 Å². The Morgan fingerprint density at radius 2 is 1.72 bits per heavy atom. The third-order valence-electron chi connectivity index (χ3n) is 6.76. The van der Waals surface area contributed by atoms with Gasteiger partial charge in [-0.1, -0.05) is 6.07 Å². The van der Waals surface area contributed by atoms with Crippen LogP contribution in [0.3, 0.4) is 0 Å². The molecule has 196 valence electrons. The van der Waals surface area contributed by atoms with E-state index >= 15 is 0 Å². The molecule has 2 saturated heterocycles. The van der Waals surface area contributed by atoms with E-state index in [9.17, 15) is 18.0 Å². The number of likely N-dealkylation sites (tertiary alicyclic amines) is 1. The van der Waals surface area contributed by atoms with Crippen molar-refractivity contribution in [3.05, 3.63) is 48.2 Å². The summed E-state index contributed by atoms with van der Waals surface area (Å²) in [5.74, 6) is 1.25. The normalized spacial score (nSPS) is 17.9. The lowest BCUT2D eigenvalue weighted by atomic mass is 10.0. The number of alkyl halides is 3. The fraction of sp³-hybridized carbons (Fsp3) is 0.538. The van der Waals surface area contributed by atoms with Crippen LogP contribution in [0.1, 0.15) is 31.2 Å². The van der Waals surface area contributed by atoms with Crippen LogP contribution < -0.4 is 10.2 Å². The number of carbonyl (C=O) groups excluding carboxylic acids is 1. The number of nitrogens with one attached hydrogen (secondary N) is 1. The van der Waals surface area contributed by atoms with Crippen LogP contribution in [0.15, 0.2) is 47.5 Å². The zero-order valence-corrected chi connectivity index (χ0v) is 21.5. The van der Waals surface area contributed by atoms with Gasteiger partial charge < -0.3 is 15.1 Å². The second-order valence-electron chi connectivity index (χ2n) is 9.50. The molecule has 0 bridgehead atoms. The molecule has 1 aromatic heterocycles. The van der Waals surface area contributed by atoms with Crippen molar-refractivity contribution in [3.63, 3.8) is 0 Å². The van der Waals surface area contributed by atoms with Crippen LogP contribution in [0.5, 0.6) is 0 Å². The average molecular weight is 522 g/mol. The van der Waals surface area contributed by atoms with E-state index in [1.54, 1.807) is 12.1 Å². The summed E-state index contributed by atoms with van der Waals surface area (Å²) in [5.41, 5.74) is -2.30. The van der Waals surface area contributed by atoms with Crippen molar-refractivity contribution in [1.82, 2.24) is 14.8 Å². The summed E-state index contributed by atoms with van der Waals surface area (Å²) in [4.78, 5) is 24.1. The van der Waals surface area contributed by atoms with Crippen molar-refractivity contribution in [2.24, 2.45) is 0 Å². The Bertz CT molecular complexity index is 971. The second-order valence-corrected chi connectivity index (χ2v) is 10.6. The fourth-order valence-electron chi connectivity index (χ4n) is 4.72. The van der Waals surface area contributed by atoms with Gasteiger partial charge in [0.15, 0.2) is 0 Å². The zero-order chi connectivity index (χ0) is 25.5. The molecule has 2 aromatic rings. The van der Waals surface area contributed by atoms with Crippen molar-refractivity contribution in [2.75, 3.05) is 56.0 Å². The van der Waals surface area contributed by atoms with Crippen LogP contribution in [0.25, 0.3) is 0 Å². The number of piperazine rings is 1. The molecular weight excluding hydrogens is 487 g/mol. The maximum atomic E-state index is 12.7. The number of aryl methyl sites for hydroxylation is 1. The molecule has 36 heavy (non-hydrogen) atoms. The highest BCUT2D eigenvalue weighted by atomic mass is 32.2. The summed E-state index contributed by atoms with van der Waals surface area (Å²) in [7, 11) is 0. The molecule has 0 spiro atoms. The Morgan fingerprint density at radius 1 is 1.03 bits per heavy atom. The Balaban J connectivity index is 1.11. The van der Waals surface area contributed by atoms with Crippen LogP contribution in [0.4, 0.5) is 24.7 Å². The van der Waals surface area contributed by atoms with Crippen molar-refractivity contribution in [2.45, 2.75) is 49.1 Å². The van der Waals surface area contributed by atoms with Crippen LogP contribution in [0.2, 0.25) is 0 Å². The van der Waals surface area contributed by atoms with Crippen molar-refractivity contribution in [3.8, 4) is 0 Å². The summed E-state index contributed by atoms with van der Waals surface area (Å²) in [5, 5.41) is 3.39. The molecule has 10 heteroatoms. The number of carbonyl (C=O) groups is 1. The molecule has 2 aliphatic rings. The standard InChI is InChI=1S/C26H34F3N5OS/c1-20-4-9-24(30-19-20)33-17-15-32(16-18-33)12-2-3-25(35)34-13-10-22(11-14-34)31-21-5-7-23(8-6-21)36-26(27,28)29/h4-9,19,22,31H,2-3,10-18H2,1H3. The molecular formula is C26H34F3N5OS. The lowest BCUT2D eigenvalue weighted by molar-refractivity contribution is -0.132. The number of pyridine rings is 1. The summed E-state index contributed by atoms with van der Waals surface area (Å²) in [6.45, 7) is 8.26. The number of nitrogens with zero attached hydrogens (tertiary/aromatic N) is 4. The molecule has 6 nitrogen and oxygen atoms in total. The van der Waals surface area contributed by atoms with Gasteiger partial charge in [-0.2, -0.15) is 13.2 Å². The SMILES string of the molecule is Cc1ccc(N2CCN(CCCC(=O)N3CCC(Nc4ccc(SC(F)(F)F)cc4)CC3)CC2)nc1. The smallest absolute Gasteiger partial charge is 0.382 e. The largest absolute Gasteiger partial charge is 0.446 e. The Labute approximate surface area is 215 Å². The fourth-order valence-corrected chi connectivity index (χ4v) is 5.26. The summed E-state index contributed by atoms with van der Waals surface area (Å²) in [6.07, 6.45) is 5.00. The minimum absolute atomic E-state index is 0.106. The molecule has 0 unspecified atom stereocenters. The molecule has 1 amide bonds.